The molecular formula is C13H12N2O. The Morgan fingerprint density at radius 1 is 1.25 bits per heavy atom. The molecule has 0 bridgehead atoms. The first-order valence-corrected chi connectivity index (χ1v) is 5.10. The fourth-order valence-electron chi connectivity index (χ4n) is 1.55. The van der Waals surface area contributed by atoms with Crippen LogP contribution in [-0.2, 0) is 0 Å². The zero-order valence-electron chi connectivity index (χ0n) is 8.97. The van der Waals surface area contributed by atoms with E-state index in [1.165, 1.54) is 0 Å². The number of para-hydroxylation sites is 1. The van der Waals surface area contributed by atoms with E-state index in [1.54, 1.807) is 12.3 Å². The number of hydrogen-bond acceptors (Lipinski definition) is 3. The molecule has 1 heterocycles. The highest BCUT2D eigenvalue weighted by atomic mass is 16.3. The number of nitrogens with one attached hydrogen (secondary N) is 1. The predicted octanol–water partition coefficient (Wildman–Crippen LogP) is 3.32. The number of hydrogen-bond donors (Lipinski definition) is 1. The lowest BCUT2D eigenvalue weighted by Crippen LogP contribution is -2.06. The maximum atomic E-state index is 8.95. The minimum absolute atomic E-state index is 0.0458. The molecule has 3 nitrogen and oxygen atoms in total. The van der Waals surface area contributed by atoms with E-state index in [9.17, 15) is 0 Å². The lowest BCUT2D eigenvalue weighted by Gasteiger charge is -2.13. The molecule has 1 aromatic carbocycles. The highest BCUT2D eigenvalue weighted by Crippen LogP contribution is 2.21. The van der Waals surface area contributed by atoms with Gasteiger partial charge in [0.05, 0.1) is 23.6 Å². The summed E-state index contributed by atoms with van der Waals surface area (Å²) in [5, 5.41) is 12.2. The highest BCUT2D eigenvalue weighted by Gasteiger charge is 2.09. The Bertz CT molecular complexity index is 497. The van der Waals surface area contributed by atoms with E-state index < -0.39 is 0 Å². The Kier molecular flexibility index (Phi) is 2.93. The van der Waals surface area contributed by atoms with Gasteiger partial charge in [-0.2, -0.15) is 5.26 Å². The van der Waals surface area contributed by atoms with Crippen molar-refractivity contribution in [3.63, 3.8) is 0 Å². The summed E-state index contributed by atoms with van der Waals surface area (Å²) in [6, 6.07) is 13.4. The first kappa shape index (κ1) is 10.3. The Morgan fingerprint density at radius 3 is 2.75 bits per heavy atom. The molecular weight excluding hydrogens is 200 g/mol. The van der Waals surface area contributed by atoms with Gasteiger partial charge < -0.3 is 9.73 Å². The Hall–Kier alpha value is -2.21. The van der Waals surface area contributed by atoms with Crippen molar-refractivity contribution < 1.29 is 4.42 Å². The van der Waals surface area contributed by atoms with Crippen LogP contribution < -0.4 is 5.32 Å². The first-order chi connectivity index (χ1) is 7.81. The van der Waals surface area contributed by atoms with Crippen LogP contribution in [0, 0.1) is 11.3 Å². The van der Waals surface area contributed by atoms with E-state index >= 15 is 0 Å². The van der Waals surface area contributed by atoms with Crippen molar-refractivity contribution in [1.82, 2.24) is 0 Å². The maximum Gasteiger partial charge on any atom is 0.125 e. The molecule has 0 saturated heterocycles. The van der Waals surface area contributed by atoms with Gasteiger partial charge in [0.15, 0.2) is 0 Å². The Balaban J connectivity index is 2.19. The van der Waals surface area contributed by atoms with E-state index in [-0.39, 0.29) is 6.04 Å². The number of nitriles is 1. The molecule has 0 spiro atoms. The van der Waals surface area contributed by atoms with Gasteiger partial charge in [-0.15, -0.1) is 0 Å². The number of furan rings is 1. The third-order valence-corrected chi connectivity index (χ3v) is 2.39. The van der Waals surface area contributed by atoms with Gasteiger partial charge in [-0.3, -0.25) is 0 Å². The lowest BCUT2D eigenvalue weighted by molar-refractivity contribution is 0.490. The standard InChI is InChI=1S/C13H12N2O/c1-10(13-7-4-8-16-13)15-12-6-3-2-5-11(12)9-14/h2-8,10,15H,1H3. The Labute approximate surface area is 94.3 Å². The van der Waals surface area contributed by atoms with Crippen LogP contribution in [0.1, 0.15) is 24.3 Å². The smallest absolute Gasteiger partial charge is 0.125 e. The third kappa shape index (κ3) is 2.06. The molecule has 0 aliphatic rings. The van der Waals surface area contributed by atoms with Crippen molar-refractivity contribution in [3.8, 4) is 6.07 Å². The molecule has 1 N–H and O–H groups in total. The van der Waals surface area contributed by atoms with Gasteiger partial charge in [-0.1, -0.05) is 12.1 Å². The van der Waals surface area contributed by atoms with Crippen LogP contribution in [0.5, 0.6) is 0 Å². The predicted molar refractivity (Wildman–Crippen MR) is 61.9 cm³/mol. The van der Waals surface area contributed by atoms with Gasteiger partial charge in [0.2, 0.25) is 0 Å². The minimum atomic E-state index is 0.0458. The molecule has 0 fully saturated rings. The number of benzene rings is 1. The van der Waals surface area contributed by atoms with E-state index in [1.807, 2.05) is 37.3 Å². The molecule has 0 saturated carbocycles. The molecule has 0 aliphatic heterocycles. The van der Waals surface area contributed by atoms with E-state index in [0.717, 1.165) is 11.4 Å². The second-order valence-corrected chi connectivity index (χ2v) is 3.54. The second kappa shape index (κ2) is 4.54. The summed E-state index contributed by atoms with van der Waals surface area (Å²) in [7, 11) is 0. The molecule has 80 valence electrons. The van der Waals surface area contributed by atoms with Crippen LogP contribution in [0.4, 0.5) is 5.69 Å². The zero-order chi connectivity index (χ0) is 11.4. The molecule has 1 atom stereocenters. The quantitative estimate of drug-likeness (QED) is 0.848. The number of rotatable bonds is 3. The summed E-state index contributed by atoms with van der Waals surface area (Å²) >= 11 is 0. The van der Waals surface area contributed by atoms with Crippen molar-refractivity contribution in [2.45, 2.75) is 13.0 Å². The van der Waals surface area contributed by atoms with Crippen molar-refractivity contribution in [1.29, 1.82) is 5.26 Å². The fourth-order valence-corrected chi connectivity index (χ4v) is 1.55. The van der Waals surface area contributed by atoms with E-state index in [4.69, 9.17) is 9.68 Å². The topological polar surface area (TPSA) is 49.0 Å². The van der Waals surface area contributed by atoms with Gasteiger partial charge >= 0.3 is 0 Å². The molecule has 0 aliphatic carbocycles. The summed E-state index contributed by atoms with van der Waals surface area (Å²) in [6.45, 7) is 1.99. The minimum Gasteiger partial charge on any atom is -0.467 e. The summed E-state index contributed by atoms with van der Waals surface area (Å²) in [5.74, 6) is 0.854. The lowest BCUT2D eigenvalue weighted by atomic mass is 10.1. The van der Waals surface area contributed by atoms with Gasteiger partial charge in [0.1, 0.15) is 11.8 Å². The highest BCUT2D eigenvalue weighted by molar-refractivity contribution is 5.57. The molecule has 0 amide bonds. The zero-order valence-corrected chi connectivity index (χ0v) is 8.97. The van der Waals surface area contributed by atoms with Crippen molar-refractivity contribution in [3.05, 3.63) is 54.0 Å². The summed E-state index contributed by atoms with van der Waals surface area (Å²) in [4.78, 5) is 0. The number of nitrogens with zero attached hydrogens (tertiary/aromatic N) is 1. The van der Waals surface area contributed by atoms with Crippen LogP contribution in [0.25, 0.3) is 0 Å². The van der Waals surface area contributed by atoms with Crippen LogP contribution in [0.3, 0.4) is 0 Å². The third-order valence-electron chi connectivity index (χ3n) is 2.39. The van der Waals surface area contributed by atoms with Crippen LogP contribution in [0.15, 0.2) is 47.1 Å². The molecule has 2 aromatic rings. The van der Waals surface area contributed by atoms with Gasteiger partial charge in [-0.05, 0) is 31.2 Å². The molecule has 16 heavy (non-hydrogen) atoms. The maximum absolute atomic E-state index is 8.95. The number of anilines is 1. The average Bonchev–Trinajstić information content (AvgIpc) is 2.83. The summed E-state index contributed by atoms with van der Waals surface area (Å²) < 4.78 is 5.30. The van der Waals surface area contributed by atoms with Crippen LogP contribution in [-0.4, -0.2) is 0 Å². The largest absolute Gasteiger partial charge is 0.467 e. The van der Waals surface area contributed by atoms with Crippen molar-refractivity contribution in [2.24, 2.45) is 0 Å². The average molecular weight is 212 g/mol. The fraction of sp³-hybridized carbons (Fsp3) is 0.154. The van der Waals surface area contributed by atoms with E-state index in [0.29, 0.717) is 5.56 Å². The van der Waals surface area contributed by atoms with Crippen LogP contribution in [0.2, 0.25) is 0 Å². The second-order valence-electron chi connectivity index (χ2n) is 3.54. The monoisotopic (exact) mass is 212 g/mol. The Morgan fingerprint density at radius 2 is 2.06 bits per heavy atom. The molecule has 1 aromatic heterocycles. The normalized spacial score (nSPS) is 11.8. The molecule has 0 radical (unpaired) electrons. The van der Waals surface area contributed by atoms with Gasteiger partial charge in [-0.25, -0.2) is 0 Å². The van der Waals surface area contributed by atoms with Gasteiger partial charge in [0, 0.05) is 0 Å². The molecule has 3 heteroatoms. The van der Waals surface area contributed by atoms with Crippen LogP contribution >= 0.6 is 0 Å². The van der Waals surface area contributed by atoms with E-state index in [2.05, 4.69) is 11.4 Å². The molecule has 1 unspecified atom stereocenters. The summed E-state index contributed by atoms with van der Waals surface area (Å²) in [6.07, 6.45) is 1.64. The summed E-state index contributed by atoms with van der Waals surface area (Å²) in [5.41, 5.74) is 1.47. The first-order valence-electron chi connectivity index (χ1n) is 5.10. The van der Waals surface area contributed by atoms with Crippen molar-refractivity contribution >= 4 is 5.69 Å². The van der Waals surface area contributed by atoms with Gasteiger partial charge in [0.25, 0.3) is 0 Å². The SMILES string of the molecule is CC(Nc1ccccc1C#N)c1ccco1. The van der Waals surface area contributed by atoms with Crippen molar-refractivity contribution in [2.75, 3.05) is 5.32 Å². The molecule has 2 rings (SSSR count).